The summed E-state index contributed by atoms with van der Waals surface area (Å²) in [4.78, 5) is 7.77. The van der Waals surface area contributed by atoms with Crippen molar-refractivity contribution in [3.63, 3.8) is 0 Å². The number of para-hydroxylation sites is 1. The normalized spacial score (nSPS) is 11.2. The number of pyridine rings is 1. The third-order valence-electron chi connectivity index (χ3n) is 2.56. The molecule has 2 rings (SSSR count). The van der Waals surface area contributed by atoms with E-state index in [1.54, 1.807) is 0 Å². The zero-order chi connectivity index (χ0) is 12.3. The number of benzene rings is 1. The van der Waals surface area contributed by atoms with E-state index in [0.717, 1.165) is 28.9 Å². The summed E-state index contributed by atoms with van der Waals surface area (Å²) >= 11 is 1.85. The number of hydrogen-bond donors (Lipinski definition) is 1. The second-order valence-electron chi connectivity index (χ2n) is 4.20. The highest BCUT2D eigenvalue weighted by atomic mass is 32.2. The number of fused-ring (bicyclic) bond motifs is 1. The number of thioether (sulfide) groups is 1. The number of hydrogen-bond acceptors (Lipinski definition) is 4. The van der Waals surface area contributed by atoms with Gasteiger partial charge in [-0.05, 0) is 26.2 Å². The fraction of sp³-hybridized carbons (Fsp3) is 0.308. The van der Waals surface area contributed by atoms with Gasteiger partial charge in [0, 0.05) is 28.8 Å². The van der Waals surface area contributed by atoms with Crippen LogP contribution < -0.4 is 5.73 Å². The van der Waals surface area contributed by atoms with Gasteiger partial charge in [-0.15, -0.1) is 11.8 Å². The van der Waals surface area contributed by atoms with Crippen molar-refractivity contribution in [1.82, 2.24) is 9.88 Å². The number of aromatic nitrogens is 1. The second kappa shape index (κ2) is 5.38. The lowest BCUT2D eigenvalue weighted by atomic mass is 10.2. The molecule has 0 amide bonds. The molecule has 2 N–H and O–H groups in total. The van der Waals surface area contributed by atoms with Crippen molar-refractivity contribution in [1.29, 1.82) is 0 Å². The van der Waals surface area contributed by atoms with Crippen molar-refractivity contribution in [2.45, 2.75) is 4.90 Å². The molecular weight excluding hydrogens is 230 g/mol. The molecule has 17 heavy (non-hydrogen) atoms. The first-order chi connectivity index (χ1) is 8.18. The van der Waals surface area contributed by atoms with Gasteiger partial charge in [0.1, 0.15) is 0 Å². The molecule has 1 aromatic heterocycles. The van der Waals surface area contributed by atoms with Gasteiger partial charge in [-0.2, -0.15) is 0 Å². The van der Waals surface area contributed by atoms with Gasteiger partial charge in [-0.25, -0.2) is 0 Å². The summed E-state index contributed by atoms with van der Waals surface area (Å²) in [6, 6.07) is 8.01. The number of anilines is 1. The lowest BCUT2D eigenvalue weighted by Gasteiger charge is -2.10. The first-order valence-electron chi connectivity index (χ1n) is 5.59. The SMILES string of the molecule is CN(C)CCSc1ccnc2c(N)cccc12. The van der Waals surface area contributed by atoms with Gasteiger partial charge >= 0.3 is 0 Å². The summed E-state index contributed by atoms with van der Waals surface area (Å²) in [6.45, 7) is 1.07. The van der Waals surface area contributed by atoms with Crippen molar-refractivity contribution >= 4 is 28.4 Å². The molecular formula is C13H17N3S. The fourth-order valence-electron chi connectivity index (χ4n) is 1.64. The molecule has 0 aliphatic rings. The molecule has 0 aliphatic heterocycles. The Morgan fingerprint density at radius 2 is 2.12 bits per heavy atom. The third kappa shape index (κ3) is 2.90. The number of rotatable bonds is 4. The predicted octanol–water partition coefficient (Wildman–Crippen LogP) is 2.47. The molecule has 1 heterocycles. The van der Waals surface area contributed by atoms with Gasteiger partial charge in [0.15, 0.2) is 0 Å². The van der Waals surface area contributed by atoms with Gasteiger partial charge in [-0.3, -0.25) is 4.98 Å². The highest BCUT2D eigenvalue weighted by Gasteiger charge is 2.04. The van der Waals surface area contributed by atoms with Crippen LogP contribution in [0.15, 0.2) is 35.4 Å². The first kappa shape index (κ1) is 12.2. The summed E-state index contributed by atoms with van der Waals surface area (Å²) < 4.78 is 0. The minimum Gasteiger partial charge on any atom is -0.397 e. The molecule has 90 valence electrons. The van der Waals surface area contributed by atoms with Gasteiger partial charge < -0.3 is 10.6 Å². The maximum Gasteiger partial charge on any atom is 0.0942 e. The second-order valence-corrected chi connectivity index (χ2v) is 5.34. The average molecular weight is 247 g/mol. The number of nitrogen functional groups attached to an aromatic ring is 1. The van der Waals surface area contributed by atoms with Crippen LogP contribution in [0.4, 0.5) is 5.69 Å². The molecule has 0 aliphatic carbocycles. The maximum absolute atomic E-state index is 5.92. The Kier molecular flexibility index (Phi) is 3.86. The van der Waals surface area contributed by atoms with Gasteiger partial charge in [-0.1, -0.05) is 12.1 Å². The minimum absolute atomic E-state index is 0.748. The van der Waals surface area contributed by atoms with Crippen molar-refractivity contribution in [3.8, 4) is 0 Å². The van der Waals surface area contributed by atoms with E-state index in [9.17, 15) is 0 Å². The summed E-state index contributed by atoms with van der Waals surface area (Å²) in [6.07, 6.45) is 1.83. The van der Waals surface area contributed by atoms with E-state index in [1.807, 2.05) is 30.1 Å². The number of nitrogens with two attached hydrogens (primary N) is 1. The van der Waals surface area contributed by atoms with E-state index in [2.05, 4.69) is 36.1 Å². The monoisotopic (exact) mass is 247 g/mol. The zero-order valence-corrected chi connectivity index (χ0v) is 11.0. The topological polar surface area (TPSA) is 42.2 Å². The van der Waals surface area contributed by atoms with Crippen LogP contribution >= 0.6 is 11.8 Å². The summed E-state index contributed by atoms with van der Waals surface area (Å²) in [7, 11) is 4.17. The molecule has 0 saturated heterocycles. The van der Waals surface area contributed by atoms with Gasteiger partial charge in [0.2, 0.25) is 0 Å². The quantitative estimate of drug-likeness (QED) is 0.666. The van der Waals surface area contributed by atoms with Crippen LogP contribution in [0, 0.1) is 0 Å². The van der Waals surface area contributed by atoms with E-state index in [1.165, 1.54) is 4.90 Å². The van der Waals surface area contributed by atoms with Gasteiger partial charge in [0.25, 0.3) is 0 Å². The van der Waals surface area contributed by atoms with Crippen molar-refractivity contribution in [2.24, 2.45) is 0 Å². The van der Waals surface area contributed by atoms with Crippen molar-refractivity contribution < 1.29 is 0 Å². The van der Waals surface area contributed by atoms with E-state index in [-0.39, 0.29) is 0 Å². The third-order valence-corrected chi connectivity index (χ3v) is 3.61. The molecule has 2 aromatic rings. The maximum atomic E-state index is 5.92. The Balaban J connectivity index is 2.25. The summed E-state index contributed by atoms with van der Waals surface area (Å²) in [5.41, 5.74) is 7.57. The van der Waals surface area contributed by atoms with Crippen LogP contribution in [0.5, 0.6) is 0 Å². The van der Waals surface area contributed by atoms with Crippen molar-refractivity contribution in [3.05, 3.63) is 30.5 Å². The highest BCUT2D eigenvalue weighted by molar-refractivity contribution is 7.99. The lowest BCUT2D eigenvalue weighted by molar-refractivity contribution is 0.437. The molecule has 0 atom stereocenters. The van der Waals surface area contributed by atoms with E-state index >= 15 is 0 Å². The molecule has 3 nitrogen and oxygen atoms in total. The first-order valence-corrected chi connectivity index (χ1v) is 6.58. The molecule has 0 unspecified atom stereocenters. The molecule has 0 spiro atoms. The van der Waals surface area contributed by atoms with Crippen LogP contribution in [0.3, 0.4) is 0 Å². The molecule has 4 heteroatoms. The van der Waals surface area contributed by atoms with Crippen LogP contribution in [-0.2, 0) is 0 Å². The van der Waals surface area contributed by atoms with Crippen molar-refractivity contribution in [2.75, 3.05) is 32.1 Å². The smallest absolute Gasteiger partial charge is 0.0942 e. The fourth-order valence-corrected chi connectivity index (χ4v) is 2.79. The van der Waals surface area contributed by atoms with E-state index in [0.29, 0.717) is 0 Å². The molecule has 0 bridgehead atoms. The van der Waals surface area contributed by atoms with Crippen LogP contribution in [0.2, 0.25) is 0 Å². The van der Waals surface area contributed by atoms with Crippen LogP contribution in [0.1, 0.15) is 0 Å². The largest absolute Gasteiger partial charge is 0.397 e. The van der Waals surface area contributed by atoms with E-state index in [4.69, 9.17) is 5.73 Å². The molecule has 0 radical (unpaired) electrons. The minimum atomic E-state index is 0.748. The van der Waals surface area contributed by atoms with Gasteiger partial charge in [0.05, 0.1) is 11.2 Å². The summed E-state index contributed by atoms with van der Waals surface area (Å²) in [5, 5.41) is 1.15. The summed E-state index contributed by atoms with van der Waals surface area (Å²) in [5.74, 6) is 1.07. The Bertz CT molecular complexity index is 511. The Morgan fingerprint density at radius 1 is 1.29 bits per heavy atom. The molecule has 0 fully saturated rings. The Labute approximate surface area is 106 Å². The Hall–Kier alpha value is -1.26. The predicted molar refractivity (Wildman–Crippen MR) is 75.4 cm³/mol. The molecule has 0 saturated carbocycles. The standard InChI is InChI=1S/C13H17N3S/c1-16(2)8-9-17-12-6-7-15-13-10(12)4-3-5-11(13)14/h3-7H,8-9,14H2,1-2H3. The highest BCUT2D eigenvalue weighted by Crippen LogP contribution is 2.28. The van der Waals surface area contributed by atoms with E-state index < -0.39 is 0 Å². The van der Waals surface area contributed by atoms with Crippen LogP contribution in [0.25, 0.3) is 10.9 Å². The molecule has 1 aromatic carbocycles. The average Bonchev–Trinajstić information content (AvgIpc) is 2.30. The Morgan fingerprint density at radius 3 is 2.88 bits per heavy atom. The zero-order valence-electron chi connectivity index (χ0n) is 10.2. The lowest BCUT2D eigenvalue weighted by Crippen LogP contribution is -2.14. The van der Waals surface area contributed by atoms with Crippen LogP contribution in [-0.4, -0.2) is 36.3 Å². The number of nitrogens with zero attached hydrogens (tertiary/aromatic N) is 2.